The molecule has 1 saturated heterocycles. The Bertz CT molecular complexity index is 1010. The van der Waals surface area contributed by atoms with E-state index in [1.807, 2.05) is 57.6 Å². The Hall–Kier alpha value is -2.64. The van der Waals surface area contributed by atoms with E-state index in [4.69, 9.17) is 4.74 Å². The minimum Gasteiger partial charge on any atom is -0.373 e. The maximum Gasteiger partial charge on any atom is 0.227 e. The molecule has 3 heterocycles. The highest BCUT2D eigenvalue weighted by atomic mass is 16.5. The van der Waals surface area contributed by atoms with Gasteiger partial charge >= 0.3 is 0 Å². The van der Waals surface area contributed by atoms with Crippen LogP contribution in [0.2, 0.25) is 0 Å². The minimum absolute atomic E-state index is 0.0839. The third-order valence-electron chi connectivity index (χ3n) is 5.61. The van der Waals surface area contributed by atoms with Crippen LogP contribution in [0, 0.1) is 0 Å². The Morgan fingerprint density at radius 3 is 2.76 bits per heavy atom. The number of carbonyl (C=O) groups is 1. The number of rotatable bonds is 5. The van der Waals surface area contributed by atoms with E-state index in [-0.39, 0.29) is 18.1 Å². The molecule has 2 aromatic heterocycles. The van der Waals surface area contributed by atoms with Gasteiger partial charge in [-0.1, -0.05) is 18.2 Å². The fraction of sp³-hybridized carbons (Fsp3) is 0.455. The number of amides is 1. The second-order valence-corrected chi connectivity index (χ2v) is 8.11. The molecule has 0 unspecified atom stereocenters. The van der Waals surface area contributed by atoms with Crippen LogP contribution in [-0.4, -0.2) is 70.0 Å². The van der Waals surface area contributed by atoms with E-state index < -0.39 is 0 Å². The normalized spacial score (nSPS) is 20.0. The number of morpholine rings is 1. The van der Waals surface area contributed by atoms with Gasteiger partial charge in [-0.15, -0.1) is 0 Å². The maximum absolute atomic E-state index is 13.5. The summed E-state index contributed by atoms with van der Waals surface area (Å²) in [7, 11) is 7.98. The van der Waals surface area contributed by atoms with E-state index in [1.54, 1.807) is 4.68 Å². The average molecular weight is 396 g/mol. The van der Waals surface area contributed by atoms with E-state index in [2.05, 4.69) is 32.9 Å². The second-order valence-electron chi connectivity index (χ2n) is 8.11. The summed E-state index contributed by atoms with van der Waals surface area (Å²) in [5.74, 6) is 0.127. The Balaban J connectivity index is 1.64. The van der Waals surface area contributed by atoms with Gasteiger partial charge in [0.05, 0.1) is 31.4 Å². The number of ether oxygens (including phenoxy) is 1. The topological polar surface area (TPSA) is 55.5 Å². The molecule has 0 saturated carbocycles. The van der Waals surface area contributed by atoms with Gasteiger partial charge in [0.2, 0.25) is 5.91 Å². The van der Waals surface area contributed by atoms with E-state index in [0.29, 0.717) is 19.6 Å². The Morgan fingerprint density at radius 1 is 1.24 bits per heavy atom. The lowest BCUT2D eigenvalue weighted by molar-refractivity contribution is -0.147. The van der Waals surface area contributed by atoms with Gasteiger partial charge in [-0.2, -0.15) is 5.10 Å². The quantitative estimate of drug-likeness (QED) is 0.663. The van der Waals surface area contributed by atoms with Crippen LogP contribution < -0.4 is 0 Å². The van der Waals surface area contributed by atoms with Gasteiger partial charge in [0.15, 0.2) is 0 Å². The monoisotopic (exact) mass is 395 g/mol. The van der Waals surface area contributed by atoms with Crippen LogP contribution >= 0.6 is 0 Å². The average Bonchev–Trinajstić information content (AvgIpc) is 3.25. The molecule has 2 atom stereocenters. The lowest BCUT2D eigenvalue weighted by atomic mass is 9.99. The van der Waals surface area contributed by atoms with Crippen LogP contribution in [0.25, 0.3) is 10.9 Å². The predicted octanol–water partition coefficient (Wildman–Crippen LogP) is 1.98. The van der Waals surface area contributed by atoms with Crippen molar-refractivity contribution >= 4 is 16.8 Å². The molecule has 0 aliphatic carbocycles. The number of hydrogen-bond donors (Lipinski definition) is 0. The summed E-state index contributed by atoms with van der Waals surface area (Å²) in [5, 5.41) is 5.47. The van der Waals surface area contributed by atoms with Crippen molar-refractivity contribution in [3.8, 4) is 0 Å². The molecule has 1 amide bonds. The third-order valence-corrected chi connectivity index (χ3v) is 5.61. The maximum atomic E-state index is 13.5. The van der Waals surface area contributed by atoms with Crippen LogP contribution in [0.5, 0.6) is 0 Å². The van der Waals surface area contributed by atoms with Crippen molar-refractivity contribution in [2.45, 2.75) is 18.6 Å². The van der Waals surface area contributed by atoms with E-state index in [1.165, 1.54) is 0 Å². The molecular weight excluding hydrogens is 366 g/mol. The van der Waals surface area contributed by atoms with Gasteiger partial charge in [-0.3, -0.25) is 9.48 Å². The summed E-state index contributed by atoms with van der Waals surface area (Å²) in [6.45, 7) is 1.89. The van der Waals surface area contributed by atoms with Crippen LogP contribution in [0.4, 0.5) is 0 Å². The SMILES string of the molecule is CN(C)C[C@@H]1OCCN(C(=O)Cc2cn(C)c3ccccc23)[C@H]1c1cnn(C)c1. The molecule has 7 nitrogen and oxygen atoms in total. The zero-order chi connectivity index (χ0) is 20.5. The summed E-state index contributed by atoms with van der Waals surface area (Å²) < 4.78 is 9.96. The number of benzene rings is 1. The van der Waals surface area contributed by atoms with Crippen molar-refractivity contribution in [3.63, 3.8) is 0 Å². The first-order valence-electron chi connectivity index (χ1n) is 10.0. The highest BCUT2D eigenvalue weighted by molar-refractivity contribution is 5.89. The van der Waals surface area contributed by atoms with Crippen molar-refractivity contribution in [1.29, 1.82) is 0 Å². The second kappa shape index (κ2) is 8.00. The van der Waals surface area contributed by atoms with E-state index in [9.17, 15) is 4.79 Å². The van der Waals surface area contributed by atoms with Crippen molar-refractivity contribution < 1.29 is 9.53 Å². The summed E-state index contributed by atoms with van der Waals surface area (Å²) in [5.41, 5.74) is 3.23. The summed E-state index contributed by atoms with van der Waals surface area (Å²) >= 11 is 0. The zero-order valence-corrected chi connectivity index (χ0v) is 17.6. The summed E-state index contributed by atoms with van der Waals surface area (Å²) in [6, 6.07) is 8.09. The van der Waals surface area contributed by atoms with Gasteiger partial charge in [0.25, 0.3) is 0 Å². The molecule has 154 valence electrons. The highest BCUT2D eigenvalue weighted by Gasteiger charge is 2.37. The van der Waals surface area contributed by atoms with Crippen LogP contribution in [0.3, 0.4) is 0 Å². The first-order chi connectivity index (χ1) is 13.9. The molecule has 0 bridgehead atoms. The molecule has 1 fully saturated rings. The third kappa shape index (κ3) is 3.93. The van der Waals surface area contributed by atoms with E-state index >= 15 is 0 Å². The van der Waals surface area contributed by atoms with Gasteiger partial charge < -0.3 is 19.1 Å². The predicted molar refractivity (Wildman–Crippen MR) is 113 cm³/mol. The van der Waals surface area contributed by atoms with Gasteiger partial charge in [0.1, 0.15) is 0 Å². The molecule has 3 aromatic rings. The van der Waals surface area contributed by atoms with Crippen LogP contribution in [0.1, 0.15) is 17.2 Å². The standard InChI is InChI=1S/C22H29N5O2/c1-24(2)15-20-22(17-12-23-26(4)14-17)27(9-10-29-20)21(28)11-16-13-25(3)19-8-6-5-7-18(16)19/h5-8,12-14,20,22H,9-11,15H2,1-4H3/t20-,22-/m0/s1. The van der Waals surface area contributed by atoms with Crippen molar-refractivity contribution in [3.05, 3.63) is 54.0 Å². The largest absolute Gasteiger partial charge is 0.373 e. The summed E-state index contributed by atoms with van der Waals surface area (Å²) in [4.78, 5) is 17.5. The number of para-hydroxylation sites is 1. The fourth-order valence-corrected chi connectivity index (χ4v) is 4.34. The van der Waals surface area contributed by atoms with Gasteiger partial charge in [-0.05, 0) is 25.7 Å². The molecule has 1 aromatic carbocycles. The van der Waals surface area contributed by atoms with Crippen LogP contribution in [0.15, 0.2) is 42.9 Å². The number of carbonyl (C=O) groups excluding carboxylic acids is 1. The number of aromatic nitrogens is 3. The molecule has 0 N–H and O–H groups in total. The highest BCUT2D eigenvalue weighted by Crippen LogP contribution is 2.31. The van der Waals surface area contributed by atoms with Crippen molar-refractivity contribution in [2.24, 2.45) is 14.1 Å². The Kier molecular flexibility index (Phi) is 5.43. The summed E-state index contributed by atoms with van der Waals surface area (Å²) in [6.07, 6.45) is 6.20. The first kappa shape index (κ1) is 19.7. The van der Waals surface area contributed by atoms with Crippen molar-refractivity contribution in [2.75, 3.05) is 33.8 Å². The fourth-order valence-electron chi connectivity index (χ4n) is 4.34. The number of aryl methyl sites for hydroxylation is 2. The Labute approximate surface area is 171 Å². The van der Waals surface area contributed by atoms with Gasteiger partial charge in [0, 0.05) is 56.0 Å². The number of hydrogen-bond acceptors (Lipinski definition) is 4. The molecule has 1 aliphatic rings. The molecule has 29 heavy (non-hydrogen) atoms. The molecule has 4 rings (SSSR count). The van der Waals surface area contributed by atoms with Gasteiger partial charge in [-0.25, -0.2) is 0 Å². The number of likely N-dealkylation sites (N-methyl/N-ethyl adjacent to an activating group) is 1. The first-order valence-corrected chi connectivity index (χ1v) is 10.0. The zero-order valence-electron chi connectivity index (χ0n) is 17.6. The molecule has 1 aliphatic heterocycles. The molecule has 7 heteroatoms. The van der Waals surface area contributed by atoms with Crippen molar-refractivity contribution in [1.82, 2.24) is 24.1 Å². The molecule has 0 radical (unpaired) electrons. The number of nitrogens with zero attached hydrogens (tertiary/aromatic N) is 5. The lowest BCUT2D eigenvalue weighted by Gasteiger charge is -2.42. The molecule has 0 spiro atoms. The number of fused-ring (bicyclic) bond motifs is 1. The lowest BCUT2D eigenvalue weighted by Crippen LogP contribution is -2.51. The molecular formula is C22H29N5O2. The van der Waals surface area contributed by atoms with E-state index in [0.717, 1.165) is 28.6 Å². The van der Waals surface area contributed by atoms with Crippen LogP contribution in [-0.2, 0) is 30.0 Å². The Morgan fingerprint density at radius 2 is 2.03 bits per heavy atom. The minimum atomic E-state index is -0.137. The smallest absolute Gasteiger partial charge is 0.227 e.